The highest BCUT2D eigenvalue weighted by Crippen LogP contribution is 2.08. The predicted octanol–water partition coefficient (Wildman–Crippen LogP) is 1.87. The van der Waals surface area contributed by atoms with Gasteiger partial charge in [0.25, 0.3) is 0 Å². The van der Waals surface area contributed by atoms with Gasteiger partial charge in [-0.25, -0.2) is 0 Å². The van der Waals surface area contributed by atoms with Crippen molar-refractivity contribution in [1.82, 2.24) is 10.9 Å². The third kappa shape index (κ3) is 4.83. The van der Waals surface area contributed by atoms with E-state index in [4.69, 9.17) is 0 Å². The Labute approximate surface area is 113 Å². The number of anilines is 1. The lowest BCUT2D eigenvalue weighted by Crippen LogP contribution is -2.43. The van der Waals surface area contributed by atoms with Crippen LogP contribution in [0.1, 0.15) is 25.8 Å². The van der Waals surface area contributed by atoms with E-state index in [1.807, 2.05) is 39.0 Å². The van der Waals surface area contributed by atoms with Crippen molar-refractivity contribution in [2.45, 2.75) is 27.2 Å². The number of hydrazine groups is 1. The SMILES string of the molecule is CC=C(CC)NNC(=O)C(=O)Nc1ccc(C)cc1. The van der Waals surface area contributed by atoms with Gasteiger partial charge in [-0.2, -0.15) is 0 Å². The topological polar surface area (TPSA) is 70.2 Å². The summed E-state index contributed by atoms with van der Waals surface area (Å²) in [5.74, 6) is -1.43. The number of hydrogen-bond acceptors (Lipinski definition) is 3. The average molecular weight is 261 g/mol. The first-order chi connectivity index (χ1) is 9.06. The molecular formula is C14H19N3O2. The van der Waals surface area contributed by atoms with E-state index in [1.165, 1.54) is 0 Å². The number of aryl methyl sites for hydroxylation is 1. The van der Waals surface area contributed by atoms with Crippen LogP contribution in [0.3, 0.4) is 0 Å². The van der Waals surface area contributed by atoms with Crippen molar-refractivity contribution in [2.75, 3.05) is 5.32 Å². The van der Waals surface area contributed by atoms with Crippen LogP contribution in [0.4, 0.5) is 5.69 Å². The van der Waals surface area contributed by atoms with Gasteiger partial charge in [-0.1, -0.05) is 30.7 Å². The van der Waals surface area contributed by atoms with E-state index in [-0.39, 0.29) is 0 Å². The maximum atomic E-state index is 11.6. The second-order valence-electron chi connectivity index (χ2n) is 4.07. The maximum absolute atomic E-state index is 11.6. The van der Waals surface area contributed by atoms with E-state index in [0.29, 0.717) is 5.69 Å². The Morgan fingerprint density at radius 2 is 1.74 bits per heavy atom. The number of carbonyl (C=O) groups is 2. The first kappa shape index (κ1) is 14.8. The normalized spacial score (nSPS) is 10.8. The summed E-state index contributed by atoms with van der Waals surface area (Å²) < 4.78 is 0. The molecule has 0 saturated carbocycles. The zero-order valence-electron chi connectivity index (χ0n) is 11.4. The summed E-state index contributed by atoms with van der Waals surface area (Å²) in [6, 6.07) is 7.22. The third-order valence-corrected chi connectivity index (χ3v) is 2.58. The summed E-state index contributed by atoms with van der Waals surface area (Å²) in [5, 5.41) is 2.52. The lowest BCUT2D eigenvalue weighted by molar-refractivity contribution is -0.136. The Hall–Kier alpha value is -2.30. The predicted molar refractivity (Wildman–Crippen MR) is 75.1 cm³/mol. The second-order valence-corrected chi connectivity index (χ2v) is 4.07. The average Bonchev–Trinajstić information content (AvgIpc) is 2.42. The van der Waals surface area contributed by atoms with E-state index >= 15 is 0 Å². The molecule has 19 heavy (non-hydrogen) atoms. The Kier molecular flexibility index (Phi) is 5.60. The molecule has 0 atom stereocenters. The smallest absolute Gasteiger partial charge is 0.318 e. The van der Waals surface area contributed by atoms with Gasteiger partial charge in [-0.15, -0.1) is 0 Å². The molecule has 1 rings (SSSR count). The van der Waals surface area contributed by atoms with Crippen LogP contribution in [0.2, 0.25) is 0 Å². The molecule has 5 nitrogen and oxygen atoms in total. The van der Waals surface area contributed by atoms with Crippen LogP contribution >= 0.6 is 0 Å². The Balaban J connectivity index is 2.49. The number of benzene rings is 1. The zero-order chi connectivity index (χ0) is 14.3. The van der Waals surface area contributed by atoms with E-state index < -0.39 is 11.8 Å². The second kappa shape index (κ2) is 7.20. The molecule has 1 aromatic carbocycles. The molecule has 0 unspecified atom stereocenters. The molecule has 0 radical (unpaired) electrons. The molecule has 0 heterocycles. The van der Waals surface area contributed by atoms with Crippen molar-refractivity contribution in [2.24, 2.45) is 0 Å². The molecule has 0 spiro atoms. The van der Waals surface area contributed by atoms with Gasteiger partial charge in [-0.05, 0) is 32.4 Å². The van der Waals surface area contributed by atoms with Gasteiger partial charge in [0.15, 0.2) is 0 Å². The molecule has 0 aliphatic rings. The number of allylic oxidation sites excluding steroid dienone is 2. The van der Waals surface area contributed by atoms with Crippen LogP contribution in [-0.2, 0) is 9.59 Å². The summed E-state index contributed by atoms with van der Waals surface area (Å²) in [4.78, 5) is 23.1. The fraction of sp³-hybridized carbons (Fsp3) is 0.286. The summed E-state index contributed by atoms with van der Waals surface area (Å²) in [7, 11) is 0. The first-order valence-electron chi connectivity index (χ1n) is 6.16. The molecule has 1 aromatic rings. The van der Waals surface area contributed by atoms with Crippen LogP contribution in [0.25, 0.3) is 0 Å². The molecule has 102 valence electrons. The highest BCUT2D eigenvalue weighted by Gasteiger charge is 2.13. The molecular weight excluding hydrogens is 242 g/mol. The fourth-order valence-electron chi connectivity index (χ4n) is 1.38. The minimum absolute atomic E-state index is 0.590. The number of amides is 2. The fourth-order valence-corrected chi connectivity index (χ4v) is 1.38. The quantitative estimate of drug-likeness (QED) is 0.572. The van der Waals surface area contributed by atoms with Crippen LogP contribution in [0, 0.1) is 6.92 Å². The van der Waals surface area contributed by atoms with Crippen LogP contribution in [0.15, 0.2) is 36.0 Å². The molecule has 0 aliphatic heterocycles. The zero-order valence-corrected chi connectivity index (χ0v) is 11.4. The van der Waals surface area contributed by atoms with Crippen molar-refractivity contribution >= 4 is 17.5 Å². The standard InChI is InChI=1S/C14H19N3O2/c1-4-11(5-2)16-17-14(19)13(18)15-12-8-6-10(3)7-9-12/h4,6-9,16H,5H2,1-3H3,(H,15,18)(H,17,19). The summed E-state index contributed by atoms with van der Waals surface area (Å²) >= 11 is 0. The molecule has 0 bridgehead atoms. The van der Waals surface area contributed by atoms with Crippen LogP contribution < -0.4 is 16.2 Å². The van der Waals surface area contributed by atoms with Crippen molar-refractivity contribution < 1.29 is 9.59 Å². The Bertz CT molecular complexity index is 478. The lowest BCUT2D eigenvalue weighted by atomic mass is 10.2. The van der Waals surface area contributed by atoms with Crippen LogP contribution in [-0.4, -0.2) is 11.8 Å². The molecule has 0 aromatic heterocycles. The molecule has 2 amide bonds. The van der Waals surface area contributed by atoms with Gasteiger partial charge in [0.1, 0.15) is 0 Å². The van der Waals surface area contributed by atoms with Crippen molar-refractivity contribution in [3.63, 3.8) is 0 Å². The summed E-state index contributed by atoms with van der Waals surface area (Å²) in [6.45, 7) is 5.75. The Morgan fingerprint density at radius 3 is 2.26 bits per heavy atom. The van der Waals surface area contributed by atoms with Crippen molar-refractivity contribution in [1.29, 1.82) is 0 Å². The van der Waals surface area contributed by atoms with Gasteiger partial charge >= 0.3 is 11.8 Å². The van der Waals surface area contributed by atoms with E-state index in [2.05, 4.69) is 16.2 Å². The molecule has 5 heteroatoms. The van der Waals surface area contributed by atoms with Crippen molar-refractivity contribution in [3.8, 4) is 0 Å². The summed E-state index contributed by atoms with van der Waals surface area (Å²) in [6.07, 6.45) is 2.58. The number of hydrogen-bond donors (Lipinski definition) is 3. The number of carbonyl (C=O) groups excluding carboxylic acids is 2. The third-order valence-electron chi connectivity index (χ3n) is 2.58. The maximum Gasteiger partial charge on any atom is 0.327 e. The van der Waals surface area contributed by atoms with Gasteiger partial charge in [0.05, 0.1) is 0 Å². The summed E-state index contributed by atoms with van der Waals surface area (Å²) in [5.41, 5.74) is 7.56. The minimum Gasteiger partial charge on any atom is -0.318 e. The van der Waals surface area contributed by atoms with Gasteiger partial charge in [-0.3, -0.25) is 15.0 Å². The highest BCUT2D eigenvalue weighted by atomic mass is 16.2. The van der Waals surface area contributed by atoms with E-state index in [0.717, 1.165) is 17.7 Å². The minimum atomic E-state index is -0.728. The largest absolute Gasteiger partial charge is 0.327 e. The van der Waals surface area contributed by atoms with Crippen LogP contribution in [0.5, 0.6) is 0 Å². The van der Waals surface area contributed by atoms with Gasteiger partial charge in [0.2, 0.25) is 0 Å². The number of rotatable bonds is 4. The lowest BCUT2D eigenvalue weighted by Gasteiger charge is -2.10. The first-order valence-corrected chi connectivity index (χ1v) is 6.16. The number of nitrogens with one attached hydrogen (secondary N) is 3. The van der Waals surface area contributed by atoms with Gasteiger partial charge in [0, 0.05) is 11.4 Å². The van der Waals surface area contributed by atoms with Gasteiger partial charge < -0.3 is 10.7 Å². The van der Waals surface area contributed by atoms with E-state index in [9.17, 15) is 9.59 Å². The molecule has 3 N–H and O–H groups in total. The molecule has 0 aliphatic carbocycles. The molecule has 0 fully saturated rings. The van der Waals surface area contributed by atoms with Crippen molar-refractivity contribution in [3.05, 3.63) is 41.6 Å². The molecule has 0 saturated heterocycles. The van der Waals surface area contributed by atoms with E-state index in [1.54, 1.807) is 12.1 Å². The highest BCUT2D eigenvalue weighted by molar-refractivity contribution is 6.39. The monoisotopic (exact) mass is 261 g/mol. The Morgan fingerprint density at radius 1 is 1.11 bits per heavy atom.